The van der Waals surface area contributed by atoms with E-state index in [4.69, 9.17) is 0 Å². The SMILES string of the molecule is CC(=O)ON=Cc1cccn1C. The highest BCUT2D eigenvalue weighted by atomic mass is 16.7. The van der Waals surface area contributed by atoms with Crippen molar-refractivity contribution in [1.82, 2.24) is 4.57 Å². The largest absolute Gasteiger partial charge is 0.350 e. The third kappa shape index (κ3) is 2.23. The minimum Gasteiger partial charge on any atom is -0.350 e. The molecule has 0 amide bonds. The molecule has 0 aliphatic rings. The summed E-state index contributed by atoms with van der Waals surface area (Å²) in [5.74, 6) is -0.416. The highest BCUT2D eigenvalue weighted by Crippen LogP contribution is 1.95. The van der Waals surface area contributed by atoms with Crippen molar-refractivity contribution in [2.45, 2.75) is 6.92 Å². The summed E-state index contributed by atoms with van der Waals surface area (Å²) in [5.41, 5.74) is 0.885. The molecule has 0 aromatic carbocycles. The Morgan fingerprint density at radius 2 is 2.50 bits per heavy atom. The Kier molecular flexibility index (Phi) is 2.63. The highest BCUT2D eigenvalue weighted by molar-refractivity contribution is 5.77. The van der Waals surface area contributed by atoms with Crippen molar-refractivity contribution in [3.63, 3.8) is 0 Å². The maximum absolute atomic E-state index is 10.3. The molecule has 1 heterocycles. The summed E-state index contributed by atoms with van der Waals surface area (Å²) in [6.07, 6.45) is 3.37. The summed E-state index contributed by atoms with van der Waals surface area (Å²) in [6, 6.07) is 3.75. The number of oxime groups is 1. The fourth-order valence-corrected chi connectivity index (χ4v) is 0.763. The number of aromatic nitrogens is 1. The summed E-state index contributed by atoms with van der Waals surface area (Å²) < 4.78 is 1.87. The van der Waals surface area contributed by atoms with Gasteiger partial charge < -0.3 is 9.40 Å². The molecule has 0 atom stereocenters. The van der Waals surface area contributed by atoms with E-state index in [-0.39, 0.29) is 0 Å². The lowest BCUT2D eigenvalue weighted by atomic mass is 10.5. The van der Waals surface area contributed by atoms with Crippen LogP contribution >= 0.6 is 0 Å². The number of carbonyl (C=O) groups is 1. The number of carbonyl (C=O) groups excluding carboxylic acids is 1. The van der Waals surface area contributed by atoms with Crippen molar-refractivity contribution < 1.29 is 9.63 Å². The van der Waals surface area contributed by atoms with Gasteiger partial charge in [0.05, 0.1) is 11.9 Å². The zero-order valence-electron chi connectivity index (χ0n) is 7.02. The normalized spacial score (nSPS) is 10.5. The van der Waals surface area contributed by atoms with Crippen LogP contribution in [0.25, 0.3) is 0 Å². The third-order valence-corrected chi connectivity index (χ3v) is 1.35. The first-order valence-electron chi connectivity index (χ1n) is 3.52. The molecule has 0 unspecified atom stereocenters. The van der Waals surface area contributed by atoms with Gasteiger partial charge in [0.25, 0.3) is 0 Å². The van der Waals surface area contributed by atoms with Gasteiger partial charge in [0, 0.05) is 20.2 Å². The monoisotopic (exact) mass is 166 g/mol. The van der Waals surface area contributed by atoms with Crippen LogP contribution in [-0.2, 0) is 16.7 Å². The van der Waals surface area contributed by atoms with E-state index in [2.05, 4.69) is 9.99 Å². The molecule has 12 heavy (non-hydrogen) atoms. The summed E-state index contributed by atoms with van der Waals surface area (Å²) >= 11 is 0. The second kappa shape index (κ2) is 3.71. The predicted octanol–water partition coefficient (Wildman–Crippen LogP) is 0.922. The molecule has 4 nitrogen and oxygen atoms in total. The second-order valence-corrected chi connectivity index (χ2v) is 2.36. The van der Waals surface area contributed by atoms with Crippen molar-refractivity contribution in [3.8, 4) is 0 Å². The topological polar surface area (TPSA) is 43.6 Å². The van der Waals surface area contributed by atoms with E-state index in [1.165, 1.54) is 13.1 Å². The number of hydrogen-bond acceptors (Lipinski definition) is 3. The molecule has 64 valence electrons. The molecular formula is C8H10N2O2. The van der Waals surface area contributed by atoms with E-state index in [1.54, 1.807) is 0 Å². The number of rotatable bonds is 2. The Morgan fingerprint density at radius 1 is 1.75 bits per heavy atom. The molecule has 1 rings (SSSR count). The molecule has 1 aromatic rings. The van der Waals surface area contributed by atoms with Gasteiger partial charge in [0.15, 0.2) is 0 Å². The molecule has 0 radical (unpaired) electrons. The minimum absolute atomic E-state index is 0.416. The predicted molar refractivity (Wildman–Crippen MR) is 44.8 cm³/mol. The minimum atomic E-state index is -0.416. The van der Waals surface area contributed by atoms with Crippen LogP contribution in [0.2, 0.25) is 0 Å². The highest BCUT2D eigenvalue weighted by Gasteiger charge is 1.92. The maximum Gasteiger partial charge on any atom is 0.331 e. The van der Waals surface area contributed by atoms with Crippen LogP contribution in [0.15, 0.2) is 23.5 Å². The van der Waals surface area contributed by atoms with Crippen molar-refractivity contribution in [3.05, 3.63) is 24.0 Å². The fraction of sp³-hybridized carbons (Fsp3) is 0.250. The molecule has 0 N–H and O–H groups in total. The lowest BCUT2D eigenvalue weighted by Gasteiger charge is -1.93. The Bertz CT molecular complexity index is 302. The van der Waals surface area contributed by atoms with E-state index in [0.29, 0.717) is 0 Å². The van der Waals surface area contributed by atoms with Crippen molar-refractivity contribution in [2.75, 3.05) is 0 Å². The van der Waals surface area contributed by atoms with Gasteiger partial charge >= 0.3 is 5.97 Å². The zero-order chi connectivity index (χ0) is 8.97. The van der Waals surface area contributed by atoms with Gasteiger partial charge in [-0.25, -0.2) is 4.79 Å². The van der Waals surface area contributed by atoms with Crippen LogP contribution in [-0.4, -0.2) is 16.8 Å². The Balaban J connectivity index is 2.57. The molecule has 0 spiro atoms. The van der Waals surface area contributed by atoms with Crippen molar-refractivity contribution in [1.29, 1.82) is 0 Å². The van der Waals surface area contributed by atoms with Crippen LogP contribution in [0.4, 0.5) is 0 Å². The molecule has 0 bridgehead atoms. The average molecular weight is 166 g/mol. The lowest BCUT2D eigenvalue weighted by molar-refractivity contribution is -0.140. The summed E-state index contributed by atoms with van der Waals surface area (Å²) in [7, 11) is 1.88. The number of hydrogen-bond donors (Lipinski definition) is 0. The summed E-state index contributed by atoms with van der Waals surface area (Å²) in [5, 5.41) is 3.48. The molecule has 0 aliphatic heterocycles. The van der Waals surface area contributed by atoms with Crippen LogP contribution < -0.4 is 0 Å². The van der Waals surface area contributed by atoms with E-state index < -0.39 is 5.97 Å². The third-order valence-electron chi connectivity index (χ3n) is 1.35. The molecule has 0 aliphatic carbocycles. The van der Waals surface area contributed by atoms with Gasteiger partial charge in [-0.3, -0.25) is 0 Å². The average Bonchev–Trinajstić information content (AvgIpc) is 2.36. The number of nitrogens with zero attached hydrogens (tertiary/aromatic N) is 2. The van der Waals surface area contributed by atoms with E-state index in [1.807, 2.05) is 29.9 Å². The fourth-order valence-electron chi connectivity index (χ4n) is 0.763. The van der Waals surface area contributed by atoms with E-state index in [0.717, 1.165) is 5.69 Å². The zero-order valence-corrected chi connectivity index (χ0v) is 7.02. The first-order chi connectivity index (χ1) is 5.70. The van der Waals surface area contributed by atoms with Gasteiger partial charge in [0.2, 0.25) is 0 Å². The molecule has 0 saturated heterocycles. The summed E-state index contributed by atoms with van der Waals surface area (Å²) in [4.78, 5) is 14.7. The maximum atomic E-state index is 10.3. The van der Waals surface area contributed by atoms with Gasteiger partial charge in [-0.15, -0.1) is 0 Å². The number of aryl methyl sites for hydroxylation is 1. The van der Waals surface area contributed by atoms with Gasteiger partial charge in [-0.2, -0.15) is 0 Å². The molecule has 1 aromatic heterocycles. The van der Waals surface area contributed by atoms with Crippen LogP contribution in [0.3, 0.4) is 0 Å². The van der Waals surface area contributed by atoms with E-state index >= 15 is 0 Å². The quantitative estimate of drug-likeness (QED) is 0.372. The smallest absolute Gasteiger partial charge is 0.331 e. The van der Waals surface area contributed by atoms with E-state index in [9.17, 15) is 4.79 Å². The van der Waals surface area contributed by atoms with Crippen LogP contribution in [0, 0.1) is 0 Å². The first-order valence-corrected chi connectivity index (χ1v) is 3.52. The van der Waals surface area contributed by atoms with Crippen LogP contribution in [0.5, 0.6) is 0 Å². The first kappa shape index (κ1) is 8.52. The standard InChI is InChI=1S/C8H10N2O2/c1-7(11)12-9-6-8-4-3-5-10(8)2/h3-6H,1-2H3. The molecule has 0 saturated carbocycles. The van der Waals surface area contributed by atoms with Crippen molar-refractivity contribution >= 4 is 12.2 Å². The molecule has 0 fully saturated rings. The van der Waals surface area contributed by atoms with Crippen molar-refractivity contribution in [2.24, 2.45) is 12.2 Å². The Hall–Kier alpha value is -1.58. The van der Waals surface area contributed by atoms with Gasteiger partial charge in [0.1, 0.15) is 0 Å². The second-order valence-electron chi connectivity index (χ2n) is 2.36. The van der Waals surface area contributed by atoms with Gasteiger partial charge in [-0.1, -0.05) is 5.16 Å². The molecular weight excluding hydrogens is 156 g/mol. The Morgan fingerprint density at radius 3 is 3.00 bits per heavy atom. The summed E-state index contributed by atoms with van der Waals surface area (Å²) in [6.45, 7) is 1.31. The lowest BCUT2D eigenvalue weighted by Crippen LogP contribution is -1.95. The van der Waals surface area contributed by atoms with Crippen LogP contribution in [0.1, 0.15) is 12.6 Å². The van der Waals surface area contributed by atoms with Gasteiger partial charge in [-0.05, 0) is 12.1 Å². The molecule has 4 heteroatoms. The Labute approximate surface area is 70.4 Å².